The minimum atomic E-state index is -0.144. The molecule has 0 aliphatic carbocycles. The lowest BCUT2D eigenvalue weighted by Gasteiger charge is -2.26. The summed E-state index contributed by atoms with van der Waals surface area (Å²) in [5.41, 5.74) is 1.71. The molecule has 1 aromatic heterocycles. The van der Waals surface area contributed by atoms with Crippen LogP contribution >= 0.6 is 22.9 Å². The van der Waals surface area contributed by atoms with Crippen molar-refractivity contribution in [3.63, 3.8) is 0 Å². The van der Waals surface area contributed by atoms with Crippen LogP contribution in [0.2, 0.25) is 5.02 Å². The summed E-state index contributed by atoms with van der Waals surface area (Å²) in [5.74, 6) is 1.36. The van der Waals surface area contributed by atoms with Gasteiger partial charge in [-0.15, -0.1) is 11.3 Å². The van der Waals surface area contributed by atoms with E-state index in [1.54, 1.807) is 31.4 Å². The summed E-state index contributed by atoms with van der Waals surface area (Å²) in [6, 6.07) is 15.0. The van der Waals surface area contributed by atoms with Crippen LogP contribution in [0.5, 0.6) is 11.5 Å². The molecule has 3 rings (SSSR count). The summed E-state index contributed by atoms with van der Waals surface area (Å²) in [6.45, 7) is 2.57. The van der Waals surface area contributed by atoms with E-state index in [1.165, 1.54) is 11.3 Å². The van der Waals surface area contributed by atoms with Gasteiger partial charge in [0, 0.05) is 17.1 Å². The second-order valence-corrected chi connectivity index (χ2v) is 8.72. The molecule has 0 saturated carbocycles. The Morgan fingerprint density at radius 2 is 1.90 bits per heavy atom. The highest BCUT2D eigenvalue weighted by atomic mass is 35.5. The van der Waals surface area contributed by atoms with Gasteiger partial charge in [-0.1, -0.05) is 29.8 Å². The van der Waals surface area contributed by atoms with Crippen LogP contribution in [0.15, 0.2) is 48.5 Å². The number of ether oxygens (including phenoxy) is 2. The van der Waals surface area contributed by atoms with Gasteiger partial charge in [0.15, 0.2) is 0 Å². The number of nitrogens with one attached hydrogen (secondary N) is 1. The van der Waals surface area contributed by atoms with Crippen molar-refractivity contribution in [2.75, 3.05) is 27.7 Å². The zero-order valence-electron chi connectivity index (χ0n) is 18.0. The number of aromatic nitrogens is 1. The van der Waals surface area contributed by atoms with Crippen LogP contribution in [0.1, 0.15) is 32.0 Å². The van der Waals surface area contributed by atoms with Gasteiger partial charge in [0.2, 0.25) is 0 Å². The monoisotopic (exact) mass is 459 g/mol. The number of benzene rings is 2. The number of carbonyl (C=O) groups excluding carboxylic acids is 1. The summed E-state index contributed by atoms with van der Waals surface area (Å²) in [6.07, 6.45) is 0. The Balaban J connectivity index is 1.65. The number of halogens is 1. The van der Waals surface area contributed by atoms with Crippen molar-refractivity contribution in [3.05, 3.63) is 74.7 Å². The molecule has 164 valence electrons. The molecule has 0 saturated heterocycles. The van der Waals surface area contributed by atoms with Gasteiger partial charge in [0.1, 0.15) is 28.0 Å². The molecule has 3 aromatic rings. The highest BCUT2D eigenvalue weighted by molar-refractivity contribution is 7.13. The first-order chi connectivity index (χ1) is 14.9. The summed E-state index contributed by atoms with van der Waals surface area (Å²) < 4.78 is 11.2. The van der Waals surface area contributed by atoms with E-state index in [-0.39, 0.29) is 11.9 Å². The van der Waals surface area contributed by atoms with E-state index in [0.29, 0.717) is 34.5 Å². The standard InChI is InChI=1S/C23H26ClN3O3S/c1-15-22(31-21(26-15)14-30-17-11-9-16(24)10-12-17)23(28)25-13-19(27(2)3)18-7-5-6-8-20(18)29-4/h5-12,19H,13-14H2,1-4H3,(H,25,28). The number of amides is 1. The number of rotatable bonds is 9. The maximum Gasteiger partial charge on any atom is 0.263 e. The second kappa shape index (κ2) is 10.6. The lowest BCUT2D eigenvalue weighted by Crippen LogP contribution is -2.34. The molecule has 0 spiro atoms. The summed E-state index contributed by atoms with van der Waals surface area (Å²) in [5, 5.41) is 4.44. The minimum Gasteiger partial charge on any atom is -0.496 e. The maximum atomic E-state index is 12.9. The van der Waals surface area contributed by atoms with Crippen molar-refractivity contribution >= 4 is 28.8 Å². The summed E-state index contributed by atoms with van der Waals surface area (Å²) >= 11 is 7.24. The number of nitrogens with zero attached hydrogens (tertiary/aromatic N) is 2. The van der Waals surface area contributed by atoms with Crippen molar-refractivity contribution in [1.82, 2.24) is 15.2 Å². The van der Waals surface area contributed by atoms with Crippen LogP contribution in [-0.2, 0) is 6.61 Å². The van der Waals surface area contributed by atoms with E-state index in [0.717, 1.165) is 16.3 Å². The average Bonchev–Trinajstić information content (AvgIpc) is 3.14. The Bertz CT molecular complexity index is 1020. The molecule has 6 nitrogen and oxygen atoms in total. The molecule has 0 radical (unpaired) electrons. The van der Waals surface area contributed by atoms with E-state index in [4.69, 9.17) is 21.1 Å². The van der Waals surface area contributed by atoms with E-state index in [2.05, 4.69) is 15.2 Å². The fourth-order valence-corrected chi connectivity index (χ4v) is 4.20. The third-order valence-electron chi connectivity index (χ3n) is 4.80. The molecule has 31 heavy (non-hydrogen) atoms. The van der Waals surface area contributed by atoms with Crippen molar-refractivity contribution in [2.45, 2.75) is 19.6 Å². The fourth-order valence-electron chi connectivity index (χ4n) is 3.18. The fraction of sp³-hybridized carbons (Fsp3) is 0.304. The molecular weight excluding hydrogens is 434 g/mol. The van der Waals surface area contributed by atoms with E-state index < -0.39 is 0 Å². The number of hydrogen-bond donors (Lipinski definition) is 1. The molecule has 1 heterocycles. The summed E-state index contributed by atoms with van der Waals surface area (Å²) in [7, 11) is 5.61. The SMILES string of the molecule is COc1ccccc1C(CNC(=O)c1sc(COc2ccc(Cl)cc2)nc1C)N(C)C. The van der Waals surface area contributed by atoms with Crippen LogP contribution < -0.4 is 14.8 Å². The number of para-hydroxylation sites is 1. The van der Waals surface area contributed by atoms with E-state index >= 15 is 0 Å². The number of carbonyl (C=O) groups is 1. The molecule has 1 N–H and O–H groups in total. The molecule has 1 unspecified atom stereocenters. The molecule has 0 aliphatic rings. The third-order valence-corrected chi connectivity index (χ3v) is 6.18. The Kier molecular flexibility index (Phi) is 7.90. The maximum absolute atomic E-state index is 12.9. The first-order valence-electron chi connectivity index (χ1n) is 9.81. The number of methoxy groups -OCH3 is 1. The van der Waals surface area contributed by atoms with Crippen molar-refractivity contribution in [3.8, 4) is 11.5 Å². The lowest BCUT2D eigenvalue weighted by molar-refractivity contribution is 0.0944. The van der Waals surface area contributed by atoms with Crippen LogP contribution in [0.25, 0.3) is 0 Å². The first-order valence-corrected chi connectivity index (χ1v) is 11.0. The number of likely N-dealkylation sites (N-methyl/N-ethyl adjacent to an activating group) is 1. The van der Waals surface area contributed by atoms with Gasteiger partial charge in [-0.3, -0.25) is 4.79 Å². The Hall–Kier alpha value is -2.61. The highest BCUT2D eigenvalue weighted by Gasteiger charge is 2.21. The summed E-state index contributed by atoms with van der Waals surface area (Å²) in [4.78, 5) is 20.0. The van der Waals surface area contributed by atoms with Crippen molar-refractivity contribution < 1.29 is 14.3 Å². The normalized spacial score (nSPS) is 11.9. The first kappa shape index (κ1) is 23.1. The number of aryl methyl sites for hydroxylation is 1. The van der Waals surface area contributed by atoms with Crippen LogP contribution in [0.4, 0.5) is 0 Å². The Labute approximate surface area is 191 Å². The minimum absolute atomic E-state index is 0.0268. The Morgan fingerprint density at radius 1 is 1.19 bits per heavy atom. The number of hydrogen-bond acceptors (Lipinski definition) is 6. The predicted molar refractivity (Wildman–Crippen MR) is 124 cm³/mol. The average molecular weight is 460 g/mol. The smallest absolute Gasteiger partial charge is 0.263 e. The molecular formula is C23H26ClN3O3S. The number of thiazole rings is 1. The quantitative estimate of drug-likeness (QED) is 0.501. The van der Waals surface area contributed by atoms with Gasteiger partial charge < -0.3 is 19.7 Å². The van der Waals surface area contributed by atoms with Crippen molar-refractivity contribution in [1.29, 1.82) is 0 Å². The molecule has 0 fully saturated rings. The molecule has 1 atom stereocenters. The molecule has 0 bridgehead atoms. The van der Waals surface area contributed by atoms with Crippen molar-refractivity contribution in [2.24, 2.45) is 0 Å². The van der Waals surface area contributed by atoms with Crippen LogP contribution in [-0.4, -0.2) is 43.5 Å². The van der Waals surface area contributed by atoms with Crippen LogP contribution in [0.3, 0.4) is 0 Å². The lowest BCUT2D eigenvalue weighted by atomic mass is 10.0. The highest BCUT2D eigenvalue weighted by Crippen LogP contribution is 2.28. The topological polar surface area (TPSA) is 63.7 Å². The van der Waals surface area contributed by atoms with Gasteiger partial charge in [0.05, 0.1) is 18.8 Å². The van der Waals surface area contributed by atoms with Gasteiger partial charge in [-0.2, -0.15) is 0 Å². The van der Waals surface area contributed by atoms with E-state index in [9.17, 15) is 4.79 Å². The van der Waals surface area contributed by atoms with Gasteiger partial charge in [-0.05, 0) is 51.4 Å². The Morgan fingerprint density at radius 3 is 2.58 bits per heavy atom. The van der Waals surface area contributed by atoms with Gasteiger partial charge in [-0.25, -0.2) is 4.98 Å². The molecule has 1 amide bonds. The van der Waals surface area contributed by atoms with Gasteiger partial charge >= 0.3 is 0 Å². The largest absolute Gasteiger partial charge is 0.496 e. The zero-order valence-corrected chi connectivity index (χ0v) is 19.6. The van der Waals surface area contributed by atoms with E-state index in [1.807, 2.05) is 45.3 Å². The molecule has 8 heteroatoms. The molecule has 0 aliphatic heterocycles. The zero-order chi connectivity index (χ0) is 22.4. The van der Waals surface area contributed by atoms with Gasteiger partial charge in [0.25, 0.3) is 5.91 Å². The predicted octanol–water partition coefficient (Wildman–Crippen LogP) is 4.73. The second-order valence-electron chi connectivity index (χ2n) is 7.20. The molecule has 2 aromatic carbocycles. The van der Waals surface area contributed by atoms with Crippen LogP contribution in [0, 0.1) is 6.92 Å². The third kappa shape index (κ3) is 5.97.